The van der Waals surface area contributed by atoms with Gasteiger partial charge in [-0.3, -0.25) is 29.3 Å². The average Bonchev–Trinajstić information content (AvgIpc) is 3.52. The SMILES string of the molecule is CS(=O)(=O)O[C@@H]1CCN(C(C(=O)OCc2ccc([N+](=O)[O-])cc2)c2ccc(CNC(=O)OCc3ccc([N+](=O)[O-])cc3)c3ccccc23)C1. The van der Waals surface area contributed by atoms with Crippen LogP contribution >= 0.6 is 0 Å². The molecule has 0 saturated carbocycles. The third kappa shape index (κ3) is 9.13. The van der Waals surface area contributed by atoms with Gasteiger partial charge in [0.15, 0.2) is 0 Å². The number of hydrogen-bond acceptors (Lipinski definition) is 12. The number of amides is 1. The molecule has 0 bridgehead atoms. The first-order valence-electron chi connectivity index (χ1n) is 15.0. The summed E-state index contributed by atoms with van der Waals surface area (Å²) in [4.78, 5) is 49.0. The first-order valence-corrected chi connectivity index (χ1v) is 16.9. The molecule has 0 aromatic heterocycles. The fraction of sp³-hybridized carbons (Fsp3) is 0.273. The summed E-state index contributed by atoms with van der Waals surface area (Å²) < 4.78 is 39.9. The van der Waals surface area contributed by atoms with E-state index in [4.69, 9.17) is 13.7 Å². The van der Waals surface area contributed by atoms with Crippen molar-refractivity contribution in [2.45, 2.75) is 38.3 Å². The molecule has 15 nitrogen and oxygen atoms in total. The number of hydrogen-bond donors (Lipinski definition) is 1. The molecule has 2 atom stereocenters. The first kappa shape index (κ1) is 34.9. The van der Waals surface area contributed by atoms with Crippen LogP contribution in [0.1, 0.15) is 34.7 Å². The van der Waals surface area contributed by atoms with Crippen molar-refractivity contribution in [2.24, 2.45) is 0 Å². The molecule has 0 radical (unpaired) electrons. The fourth-order valence-corrected chi connectivity index (χ4v) is 6.24. The zero-order valence-corrected chi connectivity index (χ0v) is 27.0. The number of nitro benzene ring substituents is 2. The van der Waals surface area contributed by atoms with Crippen LogP contribution in [0, 0.1) is 20.2 Å². The van der Waals surface area contributed by atoms with Crippen LogP contribution in [-0.2, 0) is 48.3 Å². The number of nitrogens with zero attached hydrogens (tertiary/aromatic N) is 3. The van der Waals surface area contributed by atoms with Crippen LogP contribution in [-0.4, -0.2) is 60.7 Å². The van der Waals surface area contributed by atoms with E-state index in [1.807, 2.05) is 18.2 Å². The van der Waals surface area contributed by atoms with Gasteiger partial charge in [-0.15, -0.1) is 0 Å². The summed E-state index contributed by atoms with van der Waals surface area (Å²) in [6.07, 6.45) is -0.0294. The van der Waals surface area contributed by atoms with Crippen molar-refractivity contribution in [3.63, 3.8) is 0 Å². The second-order valence-corrected chi connectivity index (χ2v) is 13.0. The number of benzene rings is 4. The standard InChI is InChI=1S/C33H32N4O11S/c1-49(44,45)48-27-16-17-35(19-27)31(32(38)46-20-22-6-11-25(12-7-22)36(40)41)30-15-10-24(28-4-2-3-5-29(28)30)18-34-33(39)47-21-23-8-13-26(14-9-23)37(42)43/h2-15,27,31H,16-21H2,1H3,(H,34,39)/t27-,31?/m1/s1. The second-order valence-electron chi connectivity index (χ2n) is 11.4. The lowest BCUT2D eigenvalue weighted by Gasteiger charge is -2.28. The lowest BCUT2D eigenvalue weighted by molar-refractivity contribution is -0.385. The molecule has 1 N–H and O–H groups in total. The number of ether oxygens (including phenoxy) is 2. The number of nitrogens with one attached hydrogen (secondary N) is 1. The Morgan fingerprint density at radius 3 is 2.00 bits per heavy atom. The molecule has 1 amide bonds. The lowest BCUT2D eigenvalue weighted by Crippen LogP contribution is -2.35. The van der Waals surface area contributed by atoms with Gasteiger partial charge in [-0.2, -0.15) is 8.42 Å². The van der Waals surface area contributed by atoms with Crippen LogP contribution in [0.3, 0.4) is 0 Å². The van der Waals surface area contributed by atoms with Crippen LogP contribution < -0.4 is 5.32 Å². The van der Waals surface area contributed by atoms with Crippen molar-refractivity contribution in [1.29, 1.82) is 0 Å². The van der Waals surface area contributed by atoms with Gasteiger partial charge < -0.3 is 14.8 Å². The largest absolute Gasteiger partial charge is 0.459 e. The summed E-state index contributed by atoms with van der Waals surface area (Å²) in [6, 6.07) is 21.2. The van der Waals surface area contributed by atoms with E-state index in [9.17, 15) is 38.2 Å². The quantitative estimate of drug-likeness (QED) is 0.0861. The third-order valence-electron chi connectivity index (χ3n) is 7.89. The van der Waals surface area contributed by atoms with E-state index < -0.39 is 44.2 Å². The molecule has 1 aliphatic heterocycles. The molecular weight excluding hydrogens is 660 g/mol. The minimum absolute atomic E-state index is 0.0738. The molecule has 1 heterocycles. The summed E-state index contributed by atoms with van der Waals surface area (Å²) in [7, 11) is -3.74. The predicted octanol–water partition coefficient (Wildman–Crippen LogP) is 4.92. The highest BCUT2D eigenvalue weighted by atomic mass is 32.2. The van der Waals surface area contributed by atoms with Crippen LogP contribution in [0.15, 0.2) is 84.9 Å². The number of non-ortho nitro benzene ring substituents is 2. The van der Waals surface area contributed by atoms with Crippen LogP contribution in [0.2, 0.25) is 0 Å². The van der Waals surface area contributed by atoms with Gasteiger partial charge in [0.25, 0.3) is 21.5 Å². The van der Waals surface area contributed by atoms with Gasteiger partial charge in [-0.25, -0.2) is 9.59 Å². The minimum atomic E-state index is -3.74. The van der Waals surface area contributed by atoms with E-state index in [0.717, 1.165) is 17.2 Å². The van der Waals surface area contributed by atoms with Crippen LogP contribution in [0.4, 0.5) is 16.2 Å². The molecule has 5 rings (SSSR count). The van der Waals surface area contributed by atoms with E-state index in [0.29, 0.717) is 35.0 Å². The van der Waals surface area contributed by atoms with Crippen molar-refractivity contribution in [3.05, 3.63) is 127 Å². The second kappa shape index (κ2) is 15.2. The van der Waals surface area contributed by atoms with Crippen molar-refractivity contribution in [3.8, 4) is 0 Å². The Morgan fingerprint density at radius 1 is 0.857 bits per heavy atom. The Labute approximate surface area is 280 Å². The normalized spacial score (nSPS) is 15.4. The molecular formula is C33H32N4O11S. The molecule has 1 unspecified atom stereocenters. The van der Waals surface area contributed by atoms with Crippen LogP contribution in [0.25, 0.3) is 10.8 Å². The van der Waals surface area contributed by atoms with Crippen molar-refractivity contribution in [1.82, 2.24) is 10.2 Å². The summed E-state index contributed by atoms with van der Waals surface area (Å²) in [6.45, 7) is 0.334. The van der Waals surface area contributed by atoms with Gasteiger partial charge in [-0.1, -0.05) is 36.4 Å². The van der Waals surface area contributed by atoms with Crippen LogP contribution in [0.5, 0.6) is 0 Å². The van der Waals surface area contributed by atoms with Crippen molar-refractivity contribution in [2.75, 3.05) is 19.3 Å². The molecule has 49 heavy (non-hydrogen) atoms. The maximum Gasteiger partial charge on any atom is 0.407 e. The molecule has 0 aliphatic carbocycles. The first-order chi connectivity index (χ1) is 23.4. The number of likely N-dealkylation sites (tertiary alicyclic amines) is 1. The Bertz CT molecular complexity index is 1970. The minimum Gasteiger partial charge on any atom is -0.459 e. The predicted molar refractivity (Wildman–Crippen MR) is 176 cm³/mol. The molecule has 1 fully saturated rings. The highest BCUT2D eigenvalue weighted by Gasteiger charge is 2.37. The fourth-order valence-electron chi connectivity index (χ4n) is 5.59. The molecule has 4 aromatic rings. The smallest absolute Gasteiger partial charge is 0.407 e. The van der Waals surface area contributed by atoms with Crippen molar-refractivity contribution < 1.29 is 41.5 Å². The maximum absolute atomic E-state index is 13.8. The summed E-state index contributed by atoms with van der Waals surface area (Å²) in [5.41, 5.74) is 2.27. The zero-order valence-electron chi connectivity index (χ0n) is 26.2. The topological polar surface area (TPSA) is 198 Å². The third-order valence-corrected chi connectivity index (χ3v) is 8.51. The molecule has 0 spiro atoms. The number of nitro groups is 2. The average molecular weight is 693 g/mol. The number of fused-ring (bicyclic) bond motifs is 1. The van der Waals surface area contributed by atoms with Gasteiger partial charge in [0.2, 0.25) is 0 Å². The highest BCUT2D eigenvalue weighted by Crippen LogP contribution is 2.34. The number of carbonyl (C=O) groups is 2. The highest BCUT2D eigenvalue weighted by molar-refractivity contribution is 7.86. The number of rotatable bonds is 13. The zero-order chi connectivity index (χ0) is 35.1. The molecule has 4 aromatic carbocycles. The molecule has 16 heteroatoms. The maximum atomic E-state index is 13.8. The van der Waals surface area contributed by atoms with Gasteiger partial charge in [0.05, 0.1) is 22.2 Å². The van der Waals surface area contributed by atoms with Gasteiger partial charge in [-0.05, 0) is 63.7 Å². The van der Waals surface area contributed by atoms with Gasteiger partial charge in [0, 0.05) is 43.9 Å². The van der Waals surface area contributed by atoms with Gasteiger partial charge >= 0.3 is 12.1 Å². The Kier molecular flexibility index (Phi) is 10.8. The molecule has 1 saturated heterocycles. The van der Waals surface area contributed by atoms with E-state index in [-0.39, 0.29) is 37.7 Å². The number of carbonyl (C=O) groups excluding carboxylic acids is 2. The summed E-state index contributed by atoms with van der Waals surface area (Å²) in [5.74, 6) is -0.607. The van der Waals surface area contributed by atoms with E-state index in [2.05, 4.69) is 5.32 Å². The Hall–Kier alpha value is -5.45. The lowest BCUT2D eigenvalue weighted by atomic mass is 9.94. The Morgan fingerprint density at radius 2 is 1.43 bits per heavy atom. The van der Waals surface area contributed by atoms with E-state index in [1.54, 1.807) is 23.1 Å². The van der Waals surface area contributed by atoms with Gasteiger partial charge in [0.1, 0.15) is 19.3 Å². The van der Waals surface area contributed by atoms with Crippen molar-refractivity contribution >= 4 is 44.3 Å². The summed E-state index contributed by atoms with van der Waals surface area (Å²) in [5, 5.41) is 26.0. The monoisotopic (exact) mass is 692 g/mol. The summed E-state index contributed by atoms with van der Waals surface area (Å²) >= 11 is 0. The molecule has 1 aliphatic rings. The van der Waals surface area contributed by atoms with E-state index >= 15 is 0 Å². The Balaban J connectivity index is 1.34. The number of esters is 1. The van der Waals surface area contributed by atoms with E-state index in [1.165, 1.54) is 48.5 Å². The molecule has 256 valence electrons. The number of alkyl carbamates (subject to hydrolysis) is 1.